The summed E-state index contributed by atoms with van der Waals surface area (Å²) in [4.78, 5) is 11.4. The zero-order valence-corrected chi connectivity index (χ0v) is 16.1. The number of benzene rings is 1. The minimum atomic E-state index is -0.476. The van der Waals surface area contributed by atoms with Crippen molar-refractivity contribution in [2.24, 2.45) is 0 Å². The zero-order chi connectivity index (χ0) is 19.2. The Morgan fingerprint density at radius 3 is 2.27 bits per heavy atom. The van der Waals surface area contributed by atoms with Gasteiger partial charge in [0.05, 0.1) is 12.7 Å². The highest BCUT2D eigenvalue weighted by Gasteiger charge is 2.30. The first-order valence-electron chi connectivity index (χ1n) is 8.67. The fourth-order valence-corrected chi connectivity index (χ4v) is 2.42. The zero-order valence-electron chi connectivity index (χ0n) is 16.1. The molecule has 0 saturated carbocycles. The van der Waals surface area contributed by atoms with E-state index in [1.54, 1.807) is 20.3 Å². The van der Waals surface area contributed by atoms with Gasteiger partial charge in [-0.3, -0.25) is 4.79 Å². The van der Waals surface area contributed by atoms with Gasteiger partial charge in [-0.1, -0.05) is 37.3 Å². The number of ketones is 1. The molecule has 0 fully saturated rings. The molecule has 1 aromatic rings. The second-order valence-corrected chi connectivity index (χ2v) is 5.79. The van der Waals surface area contributed by atoms with Gasteiger partial charge in [0.25, 0.3) is 0 Å². The van der Waals surface area contributed by atoms with Gasteiger partial charge in [-0.05, 0) is 31.1 Å². The van der Waals surface area contributed by atoms with Crippen molar-refractivity contribution in [2.45, 2.75) is 45.2 Å². The van der Waals surface area contributed by atoms with Gasteiger partial charge in [-0.15, -0.1) is 0 Å². The number of hydrogen-bond acceptors (Lipinski definition) is 6. The van der Waals surface area contributed by atoms with Crippen molar-refractivity contribution in [1.29, 1.82) is 0 Å². The van der Waals surface area contributed by atoms with Crippen LogP contribution in [0.15, 0.2) is 42.5 Å². The number of carbonyl (C=O) groups is 1. The van der Waals surface area contributed by atoms with E-state index < -0.39 is 12.2 Å². The second-order valence-electron chi connectivity index (χ2n) is 5.79. The van der Waals surface area contributed by atoms with E-state index in [1.807, 2.05) is 37.3 Å². The van der Waals surface area contributed by atoms with E-state index >= 15 is 0 Å². The van der Waals surface area contributed by atoms with Crippen molar-refractivity contribution < 1.29 is 28.5 Å². The number of ether oxygens (including phenoxy) is 5. The molecule has 26 heavy (non-hydrogen) atoms. The molecule has 0 saturated heterocycles. The monoisotopic (exact) mass is 366 g/mol. The molecule has 0 spiro atoms. The van der Waals surface area contributed by atoms with Crippen molar-refractivity contribution >= 4 is 5.78 Å². The van der Waals surface area contributed by atoms with Crippen molar-refractivity contribution in [2.75, 3.05) is 27.8 Å². The molecular formula is C20H30O6. The van der Waals surface area contributed by atoms with Crippen LogP contribution >= 0.6 is 0 Å². The second kappa shape index (κ2) is 13.6. The van der Waals surface area contributed by atoms with Crippen LogP contribution in [0.5, 0.6) is 0 Å². The van der Waals surface area contributed by atoms with Crippen LogP contribution in [-0.2, 0) is 35.1 Å². The summed E-state index contributed by atoms with van der Waals surface area (Å²) in [6.45, 7) is 4.12. The number of rotatable bonds is 14. The molecule has 6 heteroatoms. The molecule has 1 aromatic carbocycles. The van der Waals surface area contributed by atoms with Crippen LogP contribution in [0.25, 0.3) is 0 Å². The summed E-state index contributed by atoms with van der Waals surface area (Å²) in [7, 11) is 3.12. The number of hydrogen-bond donors (Lipinski definition) is 0. The predicted octanol–water partition coefficient (Wildman–Crippen LogP) is 3.11. The fourth-order valence-electron chi connectivity index (χ4n) is 2.42. The van der Waals surface area contributed by atoms with Gasteiger partial charge in [0.1, 0.15) is 25.8 Å². The van der Waals surface area contributed by atoms with Crippen LogP contribution in [0.3, 0.4) is 0 Å². The lowest BCUT2D eigenvalue weighted by Crippen LogP contribution is -2.42. The number of carbonyl (C=O) groups excluding carboxylic acids is 1. The molecule has 146 valence electrons. The van der Waals surface area contributed by atoms with E-state index in [-0.39, 0.29) is 25.5 Å². The van der Waals surface area contributed by atoms with E-state index in [9.17, 15) is 4.79 Å². The minimum Gasteiger partial charge on any atom is -0.367 e. The summed E-state index contributed by atoms with van der Waals surface area (Å²) < 4.78 is 27.7. The molecule has 0 unspecified atom stereocenters. The Bertz CT molecular complexity index is 516. The van der Waals surface area contributed by atoms with Crippen molar-refractivity contribution in [3.8, 4) is 0 Å². The molecule has 6 nitrogen and oxygen atoms in total. The average Bonchev–Trinajstić information content (AvgIpc) is 2.65. The maximum absolute atomic E-state index is 11.4. The van der Waals surface area contributed by atoms with Gasteiger partial charge >= 0.3 is 0 Å². The highest BCUT2D eigenvalue weighted by molar-refractivity contribution is 5.87. The molecule has 0 aliphatic heterocycles. The number of allylic oxidation sites excluding steroid dienone is 1. The quantitative estimate of drug-likeness (QED) is 0.372. The van der Waals surface area contributed by atoms with Crippen LogP contribution in [0.4, 0.5) is 0 Å². The van der Waals surface area contributed by atoms with E-state index in [2.05, 4.69) is 0 Å². The van der Waals surface area contributed by atoms with Gasteiger partial charge < -0.3 is 23.7 Å². The molecule has 0 amide bonds. The predicted molar refractivity (Wildman–Crippen MR) is 98.6 cm³/mol. The van der Waals surface area contributed by atoms with Crippen molar-refractivity contribution in [1.82, 2.24) is 0 Å². The SMILES string of the molecule is CC[C@@H](OCOC)[C@H](OCOC)[C@H](/C=C/C(C)=O)OCc1ccccc1. The third-order valence-corrected chi connectivity index (χ3v) is 3.68. The lowest BCUT2D eigenvalue weighted by molar-refractivity contribution is -0.187. The van der Waals surface area contributed by atoms with Crippen molar-refractivity contribution in [3.05, 3.63) is 48.0 Å². The highest BCUT2D eigenvalue weighted by atomic mass is 16.7. The number of methoxy groups -OCH3 is 2. The molecule has 0 heterocycles. The third kappa shape index (κ3) is 8.69. The fraction of sp³-hybridized carbons (Fsp3) is 0.550. The Morgan fingerprint density at radius 1 is 1.04 bits per heavy atom. The van der Waals surface area contributed by atoms with Crippen LogP contribution in [0.2, 0.25) is 0 Å². The standard InChI is InChI=1S/C20H30O6/c1-5-18(25-14-22-3)20(26-15-23-4)19(12-11-16(2)21)24-13-17-9-7-6-8-10-17/h6-12,18-20H,5,13-15H2,1-4H3/b12-11+/t18-,19+,20+/m1/s1. The molecule has 0 bridgehead atoms. The lowest BCUT2D eigenvalue weighted by Gasteiger charge is -2.31. The first-order valence-corrected chi connectivity index (χ1v) is 8.67. The molecule has 3 atom stereocenters. The lowest BCUT2D eigenvalue weighted by atomic mass is 10.0. The van der Waals surface area contributed by atoms with E-state index in [0.717, 1.165) is 5.56 Å². The van der Waals surface area contributed by atoms with Crippen LogP contribution in [0, 0.1) is 0 Å². The highest BCUT2D eigenvalue weighted by Crippen LogP contribution is 2.18. The van der Waals surface area contributed by atoms with Gasteiger partial charge in [-0.25, -0.2) is 0 Å². The summed E-state index contributed by atoms with van der Waals surface area (Å²) in [6.07, 6.45) is 2.69. The first-order chi connectivity index (χ1) is 12.6. The maximum atomic E-state index is 11.4. The normalized spacial score (nSPS) is 15.1. The Balaban J connectivity index is 2.94. The van der Waals surface area contributed by atoms with Crippen molar-refractivity contribution in [3.63, 3.8) is 0 Å². The third-order valence-electron chi connectivity index (χ3n) is 3.68. The van der Waals surface area contributed by atoms with E-state index in [4.69, 9.17) is 23.7 Å². The average molecular weight is 366 g/mol. The molecule has 0 radical (unpaired) electrons. The summed E-state index contributed by atoms with van der Waals surface area (Å²) in [5.41, 5.74) is 1.03. The summed E-state index contributed by atoms with van der Waals surface area (Å²) in [5, 5.41) is 0. The summed E-state index contributed by atoms with van der Waals surface area (Å²) in [6, 6.07) is 9.82. The van der Waals surface area contributed by atoms with Crippen LogP contribution in [-0.4, -0.2) is 51.9 Å². The smallest absolute Gasteiger partial charge is 0.152 e. The molecule has 0 aliphatic carbocycles. The molecule has 0 N–H and O–H groups in total. The Labute approximate surface area is 156 Å². The molecular weight excluding hydrogens is 336 g/mol. The van der Waals surface area contributed by atoms with E-state index in [1.165, 1.54) is 13.0 Å². The Kier molecular flexibility index (Phi) is 11.8. The first kappa shape index (κ1) is 22.5. The van der Waals surface area contributed by atoms with Gasteiger partial charge in [0.15, 0.2) is 5.78 Å². The summed E-state index contributed by atoms with van der Waals surface area (Å²) >= 11 is 0. The molecule has 1 rings (SSSR count). The van der Waals surface area contributed by atoms with Gasteiger partial charge in [0, 0.05) is 14.2 Å². The van der Waals surface area contributed by atoms with Gasteiger partial charge in [-0.2, -0.15) is 0 Å². The van der Waals surface area contributed by atoms with E-state index in [0.29, 0.717) is 13.0 Å². The maximum Gasteiger partial charge on any atom is 0.152 e. The molecule has 0 aromatic heterocycles. The minimum absolute atomic E-state index is 0.0605. The van der Waals surface area contributed by atoms with Gasteiger partial charge in [0.2, 0.25) is 0 Å². The Morgan fingerprint density at radius 2 is 1.69 bits per heavy atom. The summed E-state index contributed by atoms with van der Waals surface area (Å²) in [5.74, 6) is -0.0605. The Hall–Kier alpha value is -1.57. The molecule has 0 aliphatic rings. The topological polar surface area (TPSA) is 63.2 Å². The van der Waals surface area contributed by atoms with Crippen LogP contribution in [0.1, 0.15) is 25.8 Å². The van der Waals surface area contributed by atoms with Crippen LogP contribution < -0.4 is 0 Å². The largest absolute Gasteiger partial charge is 0.367 e.